The maximum atomic E-state index is 5.28. The van der Waals surface area contributed by atoms with Gasteiger partial charge in [-0.25, -0.2) is 0 Å². The van der Waals surface area contributed by atoms with Gasteiger partial charge in [0.1, 0.15) is 0 Å². The molecule has 2 aromatic carbocycles. The van der Waals surface area contributed by atoms with Crippen LogP contribution in [0.2, 0.25) is 0 Å². The maximum absolute atomic E-state index is 5.28. The molecular formula is C20H26N4S4. The van der Waals surface area contributed by atoms with Crippen molar-refractivity contribution < 1.29 is 0 Å². The molecule has 0 bridgehead atoms. The van der Waals surface area contributed by atoms with Crippen LogP contribution in [0.5, 0.6) is 0 Å². The smallest absolute Gasteiger partial charge is 0.166 e. The van der Waals surface area contributed by atoms with E-state index in [9.17, 15) is 0 Å². The summed E-state index contributed by atoms with van der Waals surface area (Å²) in [5, 5.41) is 14.2. The minimum atomic E-state index is 0.675. The Balaban J connectivity index is 1.41. The molecule has 0 aliphatic rings. The molecule has 2 rings (SSSR count). The van der Waals surface area contributed by atoms with E-state index in [4.69, 9.17) is 24.4 Å². The Morgan fingerprint density at radius 3 is 1.32 bits per heavy atom. The predicted octanol–water partition coefficient (Wildman–Crippen LogP) is 3.50. The van der Waals surface area contributed by atoms with Gasteiger partial charge >= 0.3 is 0 Å². The molecule has 0 saturated carbocycles. The number of benzene rings is 2. The summed E-state index contributed by atoms with van der Waals surface area (Å²) in [6, 6.07) is 20.7. The fourth-order valence-corrected chi connectivity index (χ4v) is 4.16. The molecule has 4 nitrogen and oxygen atoms in total. The topological polar surface area (TPSA) is 48.1 Å². The zero-order valence-electron chi connectivity index (χ0n) is 15.6. The SMILES string of the molecule is S=C(NCCNC(=S)NCCSc1ccccc1)NCCSc1ccccc1. The molecular weight excluding hydrogens is 425 g/mol. The highest BCUT2D eigenvalue weighted by atomic mass is 32.2. The van der Waals surface area contributed by atoms with E-state index in [1.165, 1.54) is 9.79 Å². The van der Waals surface area contributed by atoms with Crippen LogP contribution in [0.4, 0.5) is 0 Å². The van der Waals surface area contributed by atoms with Crippen molar-refractivity contribution >= 4 is 58.2 Å². The Morgan fingerprint density at radius 2 is 0.929 bits per heavy atom. The number of rotatable bonds is 11. The van der Waals surface area contributed by atoms with Crippen LogP contribution in [-0.2, 0) is 0 Å². The molecule has 0 aliphatic carbocycles. The lowest BCUT2D eigenvalue weighted by molar-refractivity contribution is 0.779. The molecule has 0 saturated heterocycles. The highest BCUT2D eigenvalue weighted by Gasteiger charge is 1.98. The molecule has 0 aromatic heterocycles. The molecule has 0 spiro atoms. The van der Waals surface area contributed by atoms with Crippen molar-refractivity contribution in [1.82, 2.24) is 21.3 Å². The van der Waals surface area contributed by atoms with E-state index in [-0.39, 0.29) is 0 Å². The van der Waals surface area contributed by atoms with Crippen molar-refractivity contribution in [3.63, 3.8) is 0 Å². The van der Waals surface area contributed by atoms with Gasteiger partial charge in [-0.1, -0.05) is 36.4 Å². The summed E-state index contributed by atoms with van der Waals surface area (Å²) < 4.78 is 0. The second-order valence-electron chi connectivity index (χ2n) is 5.69. The number of nitrogens with one attached hydrogen (secondary N) is 4. The Bertz CT molecular complexity index is 636. The first kappa shape index (κ1) is 22.8. The van der Waals surface area contributed by atoms with Crippen LogP contribution >= 0.6 is 48.0 Å². The first-order chi connectivity index (χ1) is 13.7. The van der Waals surface area contributed by atoms with E-state index in [2.05, 4.69) is 69.8 Å². The van der Waals surface area contributed by atoms with Crippen LogP contribution in [0, 0.1) is 0 Å². The molecule has 0 fully saturated rings. The highest BCUT2D eigenvalue weighted by Crippen LogP contribution is 2.16. The third-order valence-corrected chi connectivity index (χ3v) is 6.10. The summed E-state index contributed by atoms with van der Waals surface area (Å²) >= 11 is 14.2. The van der Waals surface area contributed by atoms with E-state index < -0.39 is 0 Å². The van der Waals surface area contributed by atoms with Gasteiger partial charge in [0.25, 0.3) is 0 Å². The predicted molar refractivity (Wildman–Crippen MR) is 132 cm³/mol. The molecule has 0 atom stereocenters. The second kappa shape index (κ2) is 14.5. The average molecular weight is 451 g/mol. The first-order valence-corrected chi connectivity index (χ1v) is 11.9. The highest BCUT2D eigenvalue weighted by molar-refractivity contribution is 7.99. The first-order valence-electron chi connectivity index (χ1n) is 9.13. The lowest BCUT2D eigenvalue weighted by Gasteiger charge is -2.13. The second-order valence-corrected chi connectivity index (χ2v) is 8.84. The molecule has 150 valence electrons. The number of hydrogen-bond acceptors (Lipinski definition) is 4. The minimum absolute atomic E-state index is 0.675. The third kappa shape index (κ3) is 10.8. The van der Waals surface area contributed by atoms with Crippen molar-refractivity contribution in [3.05, 3.63) is 60.7 Å². The molecule has 8 heteroatoms. The quantitative estimate of drug-likeness (QED) is 0.236. The Kier molecular flexibility index (Phi) is 11.8. The van der Waals surface area contributed by atoms with E-state index in [0.717, 1.165) is 37.7 Å². The van der Waals surface area contributed by atoms with Crippen molar-refractivity contribution in [2.45, 2.75) is 9.79 Å². The average Bonchev–Trinajstić information content (AvgIpc) is 2.73. The van der Waals surface area contributed by atoms with Crippen molar-refractivity contribution in [2.24, 2.45) is 0 Å². The van der Waals surface area contributed by atoms with Gasteiger partial charge in [-0.15, -0.1) is 23.5 Å². The zero-order valence-corrected chi connectivity index (χ0v) is 18.9. The Morgan fingerprint density at radius 1 is 0.571 bits per heavy atom. The van der Waals surface area contributed by atoms with Gasteiger partial charge in [-0.2, -0.15) is 0 Å². The largest absolute Gasteiger partial charge is 0.362 e. The van der Waals surface area contributed by atoms with Gasteiger partial charge in [0.15, 0.2) is 10.2 Å². The maximum Gasteiger partial charge on any atom is 0.166 e. The summed E-state index contributed by atoms with van der Waals surface area (Å²) in [6.07, 6.45) is 0. The molecule has 0 amide bonds. The molecule has 4 N–H and O–H groups in total. The van der Waals surface area contributed by atoms with Gasteiger partial charge in [0.05, 0.1) is 0 Å². The molecule has 0 unspecified atom stereocenters. The third-order valence-electron chi connectivity index (χ3n) is 3.50. The van der Waals surface area contributed by atoms with Crippen LogP contribution in [0.3, 0.4) is 0 Å². The number of hydrogen-bond donors (Lipinski definition) is 4. The fraction of sp³-hybridized carbons (Fsp3) is 0.300. The lowest BCUT2D eigenvalue weighted by Crippen LogP contribution is -2.43. The van der Waals surface area contributed by atoms with Crippen molar-refractivity contribution in [1.29, 1.82) is 0 Å². The van der Waals surface area contributed by atoms with E-state index >= 15 is 0 Å². The van der Waals surface area contributed by atoms with E-state index in [1.54, 1.807) is 0 Å². The van der Waals surface area contributed by atoms with Crippen molar-refractivity contribution in [3.8, 4) is 0 Å². The van der Waals surface area contributed by atoms with Gasteiger partial charge < -0.3 is 21.3 Å². The summed E-state index contributed by atoms with van der Waals surface area (Å²) in [4.78, 5) is 2.55. The molecule has 2 aromatic rings. The van der Waals surface area contributed by atoms with Crippen LogP contribution in [-0.4, -0.2) is 47.9 Å². The van der Waals surface area contributed by atoms with E-state index in [1.807, 2.05) is 35.7 Å². The number of thiocarbonyl (C=S) groups is 2. The van der Waals surface area contributed by atoms with E-state index in [0.29, 0.717) is 10.2 Å². The van der Waals surface area contributed by atoms with Gasteiger partial charge in [0, 0.05) is 47.5 Å². The van der Waals surface area contributed by atoms with Crippen LogP contribution in [0.1, 0.15) is 0 Å². The standard InChI is InChI=1S/C20H26N4S4/c25-19(23-13-15-27-17-7-3-1-4-8-17)21-11-12-22-20(26)24-14-16-28-18-9-5-2-6-10-18/h1-10H,11-16H2,(H2,21,23,25)(H2,22,24,26). The van der Waals surface area contributed by atoms with Crippen LogP contribution < -0.4 is 21.3 Å². The van der Waals surface area contributed by atoms with Crippen LogP contribution in [0.25, 0.3) is 0 Å². The summed E-state index contributed by atoms with van der Waals surface area (Å²) in [5.41, 5.74) is 0. The monoisotopic (exact) mass is 450 g/mol. The molecule has 0 aliphatic heterocycles. The summed E-state index contributed by atoms with van der Waals surface area (Å²) in [6.45, 7) is 3.10. The molecule has 28 heavy (non-hydrogen) atoms. The summed E-state index contributed by atoms with van der Waals surface area (Å²) in [5.74, 6) is 1.94. The minimum Gasteiger partial charge on any atom is -0.362 e. The van der Waals surface area contributed by atoms with Crippen LogP contribution in [0.15, 0.2) is 70.5 Å². The molecule has 0 heterocycles. The lowest BCUT2D eigenvalue weighted by atomic mass is 10.4. The summed E-state index contributed by atoms with van der Waals surface area (Å²) in [7, 11) is 0. The molecule has 0 radical (unpaired) electrons. The van der Waals surface area contributed by atoms with Crippen molar-refractivity contribution in [2.75, 3.05) is 37.7 Å². The van der Waals surface area contributed by atoms with Gasteiger partial charge in [-0.3, -0.25) is 0 Å². The van der Waals surface area contributed by atoms with Gasteiger partial charge in [0.2, 0.25) is 0 Å². The Hall–Kier alpha value is -1.48. The Labute approximate surface area is 187 Å². The fourth-order valence-electron chi connectivity index (χ4n) is 2.18. The zero-order chi connectivity index (χ0) is 19.9. The normalized spacial score (nSPS) is 10.1. The number of thioether (sulfide) groups is 2. The van der Waals surface area contributed by atoms with Gasteiger partial charge in [-0.05, 0) is 48.7 Å².